The van der Waals surface area contributed by atoms with Crippen LogP contribution in [0.25, 0.3) is 22.6 Å². The van der Waals surface area contributed by atoms with Crippen molar-refractivity contribution >= 4 is 29.0 Å². The smallest absolute Gasteiger partial charge is 0.417 e. The minimum Gasteiger partial charge on any atom is -0.442 e. The number of aryl methyl sites for hydroxylation is 1. The summed E-state index contributed by atoms with van der Waals surface area (Å²) >= 11 is 0.980. The summed E-state index contributed by atoms with van der Waals surface area (Å²) in [5, 5.41) is 9.20. The first kappa shape index (κ1) is 22.5. The topological polar surface area (TPSA) is 84.7 Å². The molecule has 1 atom stereocenters. The summed E-state index contributed by atoms with van der Waals surface area (Å²) < 4.78 is 51.3. The number of cyclic esters (lactones) is 1. The predicted octanol–water partition coefficient (Wildman–Crippen LogP) is 5.04. The van der Waals surface area contributed by atoms with Gasteiger partial charge in [0.05, 0.1) is 18.7 Å². The van der Waals surface area contributed by atoms with Crippen LogP contribution >= 0.6 is 11.3 Å². The average molecular weight is 491 g/mol. The van der Waals surface area contributed by atoms with Crippen molar-refractivity contribution in [3.8, 4) is 22.6 Å². The molecule has 34 heavy (non-hydrogen) atoms. The molecule has 1 saturated heterocycles. The molecule has 1 aromatic carbocycles. The van der Waals surface area contributed by atoms with Gasteiger partial charge >= 0.3 is 12.3 Å². The molecule has 3 heterocycles. The number of amides is 2. The highest BCUT2D eigenvalue weighted by atomic mass is 32.1. The highest BCUT2D eigenvalue weighted by Gasteiger charge is 2.37. The minimum absolute atomic E-state index is 0.0348. The molecule has 1 unspecified atom stereocenters. The number of fused-ring (bicyclic) bond motifs is 3. The second-order valence-corrected chi connectivity index (χ2v) is 9.03. The molecule has 7 nitrogen and oxygen atoms in total. The first-order valence-electron chi connectivity index (χ1n) is 10.7. The first-order valence-corrected chi connectivity index (χ1v) is 11.6. The van der Waals surface area contributed by atoms with Gasteiger partial charge in [-0.1, -0.05) is 5.16 Å². The lowest BCUT2D eigenvalue weighted by Gasteiger charge is -2.15. The maximum Gasteiger partial charge on any atom is 0.417 e. The third-order valence-corrected chi connectivity index (χ3v) is 6.72. The van der Waals surface area contributed by atoms with Crippen LogP contribution in [-0.4, -0.2) is 36.4 Å². The van der Waals surface area contributed by atoms with Gasteiger partial charge in [0.25, 0.3) is 0 Å². The predicted molar refractivity (Wildman–Crippen MR) is 119 cm³/mol. The number of thiophene rings is 1. The summed E-state index contributed by atoms with van der Waals surface area (Å²) in [7, 11) is 0. The molecular weight excluding hydrogens is 471 g/mol. The second kappa shape index (κ2) is 8.46. The minimum atomic E-state index is -4.47. The SMILES string of the molecule is CC(=O)NCC1CN(c2ccc3c(c2)CCCc2c(-c4cscc4C(F)(F)F)noc2-3)C(=O)O1. The van der Waals surface area contributed by atoms with Crippen LogP contribution in [0.2, 0.25) is 0 Å². The second-order valence-electron chi connectivity index (χ2n) is 8.28. The molecule has 178 valence electrons. The van der Waals surface area contributed by atoms with E-state index >= 15 is 0 Å². The summed E-state index contributed by atoms with van der Waals surface area (Å²) in [5.41, 5.74) is 2.52. The fraction of sp³-hybridized carbons (Fsp3) is 0.348. The highest BCUT2D eigenvalue weighted by Crippen LogP contribution is 2.44. The average Bonchev–Trinajstić information content (AvgIpc) is 3.48. The Morgan fingerprint density at radius 2 is 2.09 bits per heavy atom. The van der Waals surface area contributed by atoms with Crippen LogP contribution in [0.4, 0.5) is 23.7 Å². The van der Waals surface area contributed by atoms with Gasteiger partial charge in [-0.3, -0.25) is 9.69 Å². The molecule has 0 bridgehead atoms. The molecule has 1 fully saturated rings. The van der Waals surface area contributed by atoms with E-state index in [1.165, 1.54) is 17.2 Å². The number of carbonyl (C=O) groups excluding carboxylic acids is 2. The Morgan fingerprint density at radius 3 is 2.85 bits per heavy atom. The van der Waals surface area contributed by atoms with E-state index in [2.05, 4.69) is 10.5 Å². The van der Waals surface area contributed by atoms with Crippen molar-refractivity contribution in [2.45, 2.75) is 38.5 Å². The van der Waals surface area contributed by atoms with Crippen molar-refractivity contribution in [1.82, 2.24) is 10.5 Å². The third kappa shape index (κ3) is 4.04. The number of aromatic nitrogens is 1. The zero-order valence-corrected chi connectivity index (χ0v) is 18.9. The van der Waals surface area contributed by atoms with Crippen LogP contribution in [0.15, 0.2) is 33.5 Å². The number of anilines is 1. The zero-order chi connectivity index (χ0) is 24.0. The largest absolute Gasteiger partial charge is 0.442 e. The molecular formula is C23H20F3N3O4S. The van der Waals surface area contributed by atoms with E-state index in [1.807, 2.05) is 6.07 Å². The fourth-order valence-electron chi connectivity index (χ4n) is 4.39. The first-order chi connectivity index (χ1) is 16.2. The van der Waals surface area contributed by atoms with Crippen molar-refractivity contribution in [2.24, 2.45) is 0 Å². The summed E-state index contributed by atoms with van der Waals surface area (Å²) in [6.07, 6.45) is -3.54. The number of alkyl halides is 3. The molecule has 1 aliphatic carbocycles. The van der Waals surface area contributed by atoms with Crippen LogP contribution in [0.5, 0.6) is 0 Å². The Hall–Kier alpha value is -3.34. The number of carbonyl (C=O) groups is 2. The van der Waals surface area contributed by atoms with E-state index in [4.69, 9.17) is 9.26 Å². The number of ether oxygens (including phenoxy) is 1. The van der Waals surface area contributed by atoms with Crippen molar-refractivity contribution in [3.63, 3.8) is 0 Å². The van der Waals surface area contributed by atoms with Crippen LogP contribution in [-0.2, 0) is 28.5 Å². The van der Waals surface area contributed by atoms with Gasteiger partial charge in [0.2, 0.25) is 5.91 Å². The molecule has 0 radical (unpaired) electrons. The van der Waals surface area contributed by atoms with E-state index in [0.717, 1.165) is 27.8 Å². The quantitative estimate of drug-likeness (QED) is 0.553. The number of nitrogens with one attached hydrogen (secondary N) is 1. The summed E-state index contributed by atoms with van der Waals surface area (Å²) in [6, 6.07) is 5.43. The van der Waals surface area contributed by atoms with Gasteiger partial charge in [0.15, 0.2) is 5.76 Å². The number of halogens is 3. The van der Waals surface area contributed by atoms with Gasteiger partial charge in [-0.15, -0.1) is 0 Å². The maximum atomic E-state index is 13.4. The highest BCUT2D eigenvalue weighted by molar-refractivity contribution is 7.08. The normalized spacial score (nSPS) is 17.7. The molecule has 11 heteroatoms. The van der Waals surface area contributed by atoms with Crippen LogP contribution in [0.1, 0.15) is 30.0 Å². The van der Waals surface area contributed by atoms with Gasteiger partial charge < -0.3 is 14.6 Å². The van der Waals surface area contributed by atoms with Gasteiger partial charge in [-0.25, -0.2) is 4.79 Å². The van der Waals surface area contributed by atoms with Crippen LogP contribution < -0.4 is 10.2 Å². The summed E-state index contributed by atoms with van der Waals surface area (Å²) in [4.78, 5) is 25.0. The number of rotatable bonds is 4. The van der Waals surface area contributed by atoms with E-state index in [-0.39, 0.29) is 23.7 Å². The van der Waals surface area contributed by atoms with Crippen molar-refractivity contribution in [2.75, 3.05) is 18.0 Å². The third-order valence-electron chi connectivity index (χ3n) is 5.98. The maximum absolute atomic E-state index is 13.4. The van der Waals surface area contributed by atoms with E-state index in [1.54, 1.807) is 12.1 Å². The standard InChI is InChI=1S/C23H20F3N3O4S/c1-12(30)27-8-15-9-29(22(31)32-15)14-5-6-16-13(7-14)3-2-4-17-20(28-33-21(16)17)18-10-34-11-19(18)23(24,25)26/h5-7,10-11,15H,2-4,8-9H2,1H3,(H,27,30). The molecule has 1 aliphatic heterocycles. The van der Waals surface area contributed by atoms with Gasteiger partial charge in [0.1, 0.15) is 11.8 Å². The fourth-order valence-corrected chi connectivity index (χ4v) is 5.23. The summed E-state index contributed by atoms with van der Waals surface area (Å²) in [6.45, 7) is 1.93. The Morgan fingerprint density at radius 1 is 1.26 bits per heavy atom. The Kier molecular flexibility index (Phi) is 5.59. The van der Waals surface area contributed by atoms with Crippen LogP contribution in [0, 0.1) is 0 Å². The Balaban J connectivity index is 1.45. The number of nitrogens with zero attached hydrogens (tertiary/aromatic N) is 2. The van der Waals surface area contributed by atoms with E-state index in [0.29, 0.717) is 42.8 Å². The molecule has 3 aromatic rings. The van der Waals surface area contributed by atoms with E-state index < -0.39 is 23.9 Å². The number of benzene rings is 1. The molecule has 2 aliphatic rings. The Bertz CT molecular complexity index is 1270. The molecule has 0 spiro atoms. The molecule has 5 rings (SSSR count). The van der Waals surface area contributed by atoms with Gasteiger partial charge in [-0.05, 0) is 43.0 Å². The molecule has 1 N–H and O–H groups in total. The summed E-state index contributed by atoms with van der Waals surface area (Å²) in [5.74, 6) is 0.257. The lowest BCUT2D eigenvalue weighted by molar-refractivity contribution is -0.136. The molecule has 0 saturated carbocycles. The number of hydrogen-bond acceptors (Lipinski definition) is 6. The lowest BCUT2D eigenvalue weighted by atomic mass is 9.99. The number of hydrogen-bond donors (Lipinski definition) is 1. The van der Waals surface area contributed by atoms with E-state index in [9.17, 15) is 22.8 Å². The monoisotopic (exact) mass is 491 g/mol. The van der Waals surface area contributed by atoms with Gasteiger partial charge in [-0.2, -0.15) is 24.5 Å². The van der Waals surface area contributed by atoms with Crippen molar-refractivity contribution in [1.29, 1.82) is 0 Å². The Labute approximate surface area is 196 Å². The lowest BCUT2D eigenvalue weighted by Crippen LogP contribution is -2.33. The van der Waals surface area contributed by atoms with Crippen LogP contribution in [0.3, 0.4) is 0 Å². The molecule has 2 amide bonds. The molecule has 2 aromatic heterocycles. The van der Waals surface area contributed by atoms with Crippen molar-refractivity contribution < 1.29 is 32.0 Å². The van der Waals surface area contributed by atoms with Gasteiger partial charge in [0, 0.05) is 40.1 Å². The zero-order valence-electron chi connectivity index (χ0n) is 18.1. The van der Waals surface area contributed by atoms with Crippen molar-refractivity contribution in [3.05, 3.63) is 45.6 Å².